The standard InChI is InChI=1S/C21H27ClN4O3/c1-20(2,3)29-19(28)26-13-21(6-4-5-7-21)9-17(26)18(27)25-16(10-23)14-8-15(22)12-24-11-14/h8,11-12,16-17H,4-7,9,13H2,1-3H3,(H,25,27). The van der Waals surface area contributed by atoms with Crippen molar-refractivity contribution in [3.8, 4) is 6.07 Å². The summed E-state index contributed by atoms with van der Waals surface area (Å²) >= 11 is 5.96. The molecule has 1 aliphatic heterocycles. The summed E-state index contributed by atoms with van der Waals surface area (Å²) in [6, 6.07) is 2.12. The molecule has 1 saturated heterocycles. The van der Waals surface area contributed by atoms with Crippen molar-refractivity contribution in [1.29, 1.82) is 5.26 Å². The number of hydrogen-bond acceptors (Lipinski definition) is 5. The Hall–Kier alpha value is -2.33. The Morgan fingerprint density at radius 2 is 2.07 bits per heavy atom. The van der Waals surface area contributed by atoms with Gasteiger partial charge in [-0.15, -0.1) is 0 Å². The van der Waals surface area contributed by atoms with Crippen molar-refractivity contribution in [3.05, 3.63) is 29.0 Å². The molecule has 0 bridgehead atoms. The molecule has 1 saturated carbocycles. The molecule has 2 unspecified atom stereocenters. The van der Waals surface area contributed by atoms with E-state index in [9.17, 15) is 14.9 Å². The van der Waals surface area contributed by atoms with Gasteiger partial charge in [0.2, 0.25) is 5.91 Å². The number of nitriles is 1. The number of likely N-dealkylation sites (tertiary alicyclic amines) is 1. The Balaban J connectivity index is 1.80. The molecule has 1 N–H and O–H groups in total. The number of carbonyl (C=O) groups is 2. The Bertz CT molecular complexity index is 824. The minimum Gasteiger partial charge on any atom is -0.444 e. The molecule has 2 heterocycles. The number of aromatic nitrogens is 1. The third-order valence-electron chi connectivity index (χ3n) is 5.58. The lowest BCUT2D eigenvalue weighted by molar-refractivity contribution is -0.126. The van der Waals surface area contributed by atoms with Gasteiger partial charge in [-0.2, -0.15) is 5.26 Å². The lowest BCUT2D eigenvalue weighted by Gasteiger charge is -2.29. The highest BCUT2D eigenvalue weighted by Gasteiger charge is 2.50. The topological polar surface area (TPSA) is 95.3 Å². The van der Waals surface area contributed by atoms with Crippen LogP contribution in [-0.2, 0) is 9.53 Å². The fraction of sp³-hybridized carbons (Fsp3) is 0.619. The molecule has 1 aromatic rings. The summed E-state index contributed by atoms with van der Waals surface area (Å²) in [6.45, 7) is 5.92. The van der Waals surface area contributed by atoms with Gasteiger partial charge in [-0.05, 0) is 51.5 Å². The maximum atomic E-state index is 13.1. The van der Waals surface area contributed by atoms with E-state index in [-0.39, 0.29) is 11.3 Å². The first kappa shape index (κ1) is 21.4. The van der Waals surface area contributed by atoms with Crippen LogP contribution in [0.15, 0.2) is 18.5 Å². The van der Waals surface area contributed by atoms with Crippen molar-refractivity contribution in [2.75, 3.05) is 6.54 Å². The summed E-state index contributed by atoms with van der Waals surface area (Å²) in [5, 5.41) is 12.7. The SMILES string of the molecule is CC(C)(C)OC(=O)N1CC2(CCCC2)CC1C(=O)NC(C#N)c1cncc(Cl)c1. The van der Waals surface area contributed by atoms with E-state index >= 15 is 0 Å². The zero-order valence-electron chi connectivity index (χ0n) is 17.1. The quantitative estimate of drug-likeness (QED) is 0.800. The molecule has 3 rings (SSSR count). The predicted molar refractivity (Wildman–Crippen MR) is 108 cm³/mol. The van der Waals surface area contributed by atoms with Gasteiger partial charge >= 0.3 is 6.09 Å². The highest BCUT2D eigenvalue weighted by atomic mass is 35.5. The van der Waals surface area contributed by atoms with Gasteiger partial charge in [-0.25, -0.2) is 4.79 Å². The zero-order valence-corrected chi connectivity index (χ0v) is 17.8. The highest BCUT2D eigenvalue weighted by Crippen LogP contribution is 2.48. The molecule has 2 fully saturated rings. The summed E-state index contributed by atoms with van der Waals surface area (Å²) in [6.07, 6.45) is 7.26. The summed E-state index contributed by atoms with van der Waals surface area (Å²) in [5.41, 5.74) is -0.185. The zero-order chi connectivity index (χ0) is 21.2. The Morgan fingerprint density at radius 3 is 2.66 bits per heavy atom. The fourth-order valence-electron chi connectivity index (χ4n) is 4.31. The van der Waals surface area contributed by atoms with Gasteiger partial charge in [0.25, 0.3) is 0 Å². The summed E-state index contributed by atoms with van der Waals surface area (Å²) in [7, 11) is 0. The predicted octanol–water partition coefficient (Wildman–Crippen LogP) is 3.99. The average molecular weight is 419 g/mol. The van der Waals surface area contributed by atoms with E-state index in [2.05, 4.69) is 16.4 Å². The van der Waals surface area contributed by atoms with Crippen LogP contribution in [0, 0.1) is 16.7 Å². The molecular weight excluding hydrogens is 392 g/mol. The third-order valence-corrected chi connectivity index (χ3v) is 5.78. The molecule has 7 nitrogen and oxygen atoms in total. The van der Waals surface area contributed by atoms with Crippen LogP contribution in [-0.4, -0.2) is 40.1 Å². The van der Waals surface area contributed by atoms with Crippen LogP contribution in [0.2, 0.25) is 5.02 Å². The van der Waals surface area contributed by atoms with Gasteiger partial charge in [0.1, 0.15) is 17.7 Å². The van der Waals surface area contributed by atoms with Crippen LogP contribution in [0.25, 0.3) is 0 Å². The van der Waals surface area contributed by atoms with Gasteiger partial charge < -0.3 is 10.1 Å². The van der Waals surface area contributed by atoms with Crippen molar-refractivity contribution in [2.45, 2.75) is 70.6 Å². The maximum Gasteiger partial charge on any atom is 0.410 e. The molecule has 2 amide bonds. The molecule has 1 spiro atoms. The smallest absolute Gasteiger partial charge is 0.410 e. The maximum absolute atomic E-state index is 13.1. The Labute approximate surface area is 176 Å². The lowest BCUT2D eigenvalue weighted by atomic mass is 9.84. The highest BCUT2D eigenvalue weighted by molar-refractivity contribution is 6.30. The summed E-state index contributed by atoms with van der Waals surface area (Å²) in [5.74, 6) is -0.355. The van der Waals surface area contributed by atoms with Crippen LogP contribution < -0.4 is 5.32 Å². The van der Waals surface area contributed by atoms with E-state index in [1.54, 1.807) is 26.8 Å². The molecule has 1 aliphatic carbocycles. The number of pyridine rings is 1. The molecule has 2 atom stereocenters. The number of halogens is 1. The van der Waals surface area contributed by atoms with Crippen LogP contribution in [0.3, 0.4) is 0 Å². The van der Waals surface area contributed by atoms with E-state index < -0.39 is 23.8 Å². The van der Waals surface area contributed by atoms with Gasteiger partial charge in [0, 0.05) is 24.5 Å². The first-order valence-corrected chi connectivity index (χ1v) is 10.3. The average Bonchev–Trinajstić information content (AvgIpc) is 3.25. The van der Waals surface area contributed by atoms with Crippen LogP contribution in [0.1, 0.15) is 64.5 Å². The largest absolute Gasteiger partial charge is 0.444 e. The minimum atomic E-state index is -0.894. The lowest BCUT2D eigenvalue weighted by Crippen LogP contribution is -2.48. The van der Waals surface area contributed by atoms with Gasteiger partial charge in [0.15, 0.2) is 0 Å². The number of rotatable bonds is 3. The van der Waals surface area contributed by atoms with Crippen LogP contribution >= 0.6 is 11.6 Å². The fourth-order valence-corrected chi connectivity index (χ4v) is 4.49. The van der Waals surface area contributed by atoms with Crippen molar-refractivity contribution < 1.29 is 14.3 Å². The van der Waals surface area contributed by atoms with E-state index in [4.69, 9.17) is 16.3 Å². The van der Waals surface area contributed by atoms with Crippen molar-refractivity contribution in [1.82, 2.24) is 15.2 Å². The Kier molecular flexibility index (Phi) is 6.04. The molecular formula is C21H27ClN4O3. The molecule has 2 aliphatic rings. The molecule has 0 aromatic carbocycles. The van der Waals surface area contributed by atoms with E-state index in [0.717, 1.165) is 25.7 Å². The van der Waals surface area contributed by atoms with E-state index in [0.29, 0.717) is 23.6 Å². The number of amides is 2. The second kappa shape index (κ2) is 8.19. The van der Waals surface area contributed by atoms with E-state index in [1.165, 1.54) is 17.3 Å². The first-order chi connectivity index (χ1) is 13.6. The van der Waals surface area contributed by atoms with Crippen LogP contribution in [0.4, 0.5) is 4.79 Å². The molecule has 156 valence electrons. The second-order valence-electron chi connectivity index (χ2n) is 9.04. The molecule has 0 radical (unpaired) electrons. The third kappa shape index (κ3) is 4.99. The van der Waals surface area contributed by atoms with Crippen molar-refractivity contribution in [2.24, 2.45) is 5.41 Å². The summed E-state index contributed by atoms with van der Waals surface area (Å²) in [4.78, 5) is 31.5. The molecule has 1 aromatic heterocycles. The van der Waals surface area contributed by atoms with Crippen molar-refractivity contribution in [3.63, 3.8) is 0 Å². The number of nitrogens with one attached hydrogen (secondary N) is 1. The number of ether oxygens (including phenoxy) is 1. The minimum absolute atomic E-state index is 0.0430. The first-order valence-electron chi connectivity index (χ1n) is 9.93. The van der Waals surface area contributed by atoms with Crippen molar-refractivity contribution >= 4 is 23.6 Å². The second-order valence-corrected chi connectivity index (χ2v) is 9.48. The van der Waals surface area contributed by atoms with Crippen LogP contribution in [0.5, 0.6) is 0 Å². The van der Waals surface area contributed by atoms with Gasteiger partial charge in [-0.1, -0.05) is 24.4 Å². The normalized spacial score (nSPS) is 21.6. The van der Waals surface area contributed by atoms with Gasteiger partial charge in [-0.3, -0.25) is 14.7 Å². The number of nitrogens with zero attached hydrogens (tertiary/aromatic N) is 3. The van der Waals surface area contributed by atoms with Gasteiger partial charge in [0.05, 0.1) is 11.1 Å². The number of hydrogen-bond donors (Lipinski definition) is 1. The molecule has 8 heteroatoms. The molecule has 29 heavy (non-hydrogen) atoms. The Morgan fingerprint density at radius 1 is 1.38 bits per heavy atom. The monoisotopic (exact) mass is 418 g/mol. The van der Waals surface area contributed by atoms with E-state index in [1.807, 2.05) is 0 Å². The summed E-state index contributed by atoms with van der Waals surface area (Å²) < 4.78 is 5.55. The number of carbonyl (C=O) groups excluding carboxylic acids is 2.